The quantitative estimate of drug-likeness (QED) is 0.565. The minimum Gasteiger partial charge on any atom is -0.345 e. The van der Waals surface area contributed by atoms with Crippen molar-refractivity contribution in [3.63, 3.8) is 0 Å². The monoisotopic (exact) mass is 382 g/mol. The molecule has 0 saturated heterocycles. The van der Waals surface area contributed by atoms with Crippen LogP contribution >= 0.6 is 0 Å². The molecule has 2 aromatic carbocycles. The lowest BCUT2D eigenvalue weighted by Gasteiger charge is -2.06. The molecule has 1 amide bonds. The Hall–Kier alpha value is -3.88. The van der Waals surface area contributed by atoms with E-state index >= 15 is 0 Å². The van der Waals surface area contributed by atoms with Crippen LogP contribution in [0.4, 0.5) is 8.78 Å². The summed E-state index contributed by atoms with van der Waals surface area (Å²) in [6, 6.07) is 11.4. The summed E-state index contributed by atoms with van der Waals surface area (Å²) in [6.45, 7) is -0.153. The van der Waals surface area contributed by atoms with E-state index < -0.39 is 28.7 Å². The molecule has 2 aromatic heterocycles. The highest BCUT2D eigenvalue weighted by Gasteiger charge is 2.18. The predicted molar refractivity (Wildman–Crippen MR) is 95.4 cm³/mol. The van der Waals surface area contributed by atoms with Crippen LogP contribution in [0.3, 0.4) is 0 Å². The molecular formula is C19H12F2N4O3. The number of rotatable bonds is 4. The summed E-state index contributed by atoms with van der Waals surface area (Å²) in [5.41, 5.74) is -0.144. The molecule has 2 N–H and O–H groups in total. The van der Waals surface area contributed by atoms with Gasteiger partial charge in [0.15, 0.2) is 5.82 Å². The Kier molecular flexibility index (Phi) is 4.40. The predicted octanol–water partition coefficient (Wildman–Crippen LogP) is 2.79. The van der Waals surface area contributed by atoms with Crippen LogP contribution in [0, 0.1) is 11.6 Å². The fourth-order valence-corrected chi connectivity index (χ4v) is 2.78. The average molecular weight is 382 g/mol. The Morgan fingerprint density at radius 2 is 1.86 bits per heavy atom. The van der Waals surface area contributed by atoms with Gasteiger partial charge >= 0.3 is 0 Å². The van der Waals surface area contributed by atoms with E-state index in [0.29, 0.717) is 10.9 Å². The number of amides is 1. The smallest absolute Gasteiger partial charge is 0.263 e. The number of para-hydroxylation sites is 1. The van der Waals surface area contributed by atoms with Gasteiger partial charge in [-0.25, -0.2) is 8.78 Å². The van der Waals surface area contributed by atoms with Gasteiger partial charge in [-0.2, -0.15) is 4.98 Å². The standard InChI is InChI=1S/C19H12F2N4O3/c20-12-5-3-6-13(21)17(12)19-24-15(25-28-19)9-22-18(27)11-8-16(26)23-14-7-2-1-4-10(11)14/h1-8H,9H2,(H,22,27)(H,23,26). The second kappa shape index (κ2) is 7.03. The summed E-state index contributed by atoms with van der Waals surface area (Å²) in [5.74, 6) is -2.50. The Bertz CT molecular complexity index is 1230. The number of nitrogens with zero attached hydrogens (tertiary/aromatic N) is 2. The molecule has 7 nitrogen and oxygen atoms in total. The van der Waals surface area contributed by atoms with Gasteiger partial charge in [-0.05, 0) is 18.2 Å². The topological polar surface area (TPSA) is 101 Å². The Balaban J connectivity index is 1.56. The van der Waals surface area contributed by atoms with Gasteiger partial charge in [0.25, 0.3) is 11.8 Å². The van der Waals surface area contributed by atoms with Crippen molar-refractivity contribution in [1.82, 2.24) is 20.4 Å². The van der Waals surface area contributed by atoms with Crippen LogP contribution in [0.1, 0.15) is 16.2 Å². The van der Waals surface area contributed by atoms with Gasteiger partial charge in [-0.15, -0.1) is 0 Å². The number of carbonyl (C=O) groups excluding carboxylic acids is 1. The molecule has 9 heteroatoms. The summed E-state index contributed by atoms with van der Waals surface area (Å²) >= 11 is 0. The number of pyridine rings is 1. The number of aromatic nitrogens is 3. The first-order valence-corrected chi connectivity index (χ1v) is 8.20. The van der Waals surface area contributed by atoms with Gasteiger partial charge in [0.2, 0.25) is 5.56 Å². The zero-order chi connectivity index (χ0) is 19.7. The van der Waals surface area contributed by atoms with Gasteiger partial charge in [0.05, 0.1) is 12.1 Å². The number of fused-ring (bicyclic) bond motifs is 1. The Morgan fingerprint density at radius 1 is 1.11 bits per heavy atom. The lowest BCUT2D eigenvalue weighted by atomic mass is 10.1. The van der Waals surface area contributed by atoms with Crippen molar-refractivity contribution >= 4 is 16.8 Å². The first-order chi connectivity index (χ1) is 13.5. The van der Waals surface area contributed by atoms with Crippen molar-refractivity contribution in [1.29, 1.82) is 0 Å². The summed E-state index contributed by atoms with van der Waals surface area (Å²) in [7, 11) is 0. The molecule has 0 aliphatic carbocycles. The molecule has 140 valence electrons. The molecule has 0 bridgehead atoms. The molecule has 0 aliphatic heterocycles. The zero-order valence-corrected chi connectivity index (χ0v) is 14.2. The zero-order valence-electron chi connectivity index (χ0n) is 14.2. The summed E-state index contributed by atoms with van der Waals surface area (Å²) < 4.78 is 32.5. The van der Waals surface area contributed by atoms with E-state index in [1.807, 2.05) is 0 Å². The SMILES string of the molecule is O=C(NCc1noc(-c2c(F)cccc2F)n1)c1cc(=O)[nH]c2ccccc12. The van der Waals surface area contributed by atoms with Crippen molar-refractivity contribution in [3.8, 4) is 11.5 Å². The van der Waals surface area contributed by atoms with Crippen molar-refractivity contribution in [3.05, 3.63) is 81.9 Å². The third-order valence-corrected chi connectivity index (χ3v) is 4.05. The lowest BCUT2D eigenvalue weighted by Crippen LogP contribution is -2.25. The van der Waals surface area contributed by atoms with Crippen LogP contribution in [0.5, 0.6) is 0 Å². The van der Waals surface area contributed by atoms with Crippen LogP contribution in [0.2, 0.25) is 0 Å². The molecule has 0 unspecified atom stereocenters. The van der Waals surface area contributed by atoms with Crippen LogP contribution in [-0.4, -0.2) is 21.0 Å². The van der Waals surface area contributed by atoms with Crippen molar-refractivity contribution in [2.75, 3.05) is 0 Å². The molecule has 0 aliphatic rings. The maximum Gasteiger partial charge on any atom is 0.263 e. The minimum atomic E-state index is -0.839. The number of hydrogen-bond donors (Lipinski definition) is 2. The Morgan fingerprint density at radius 3 is 2.64 bits per heavy atom. The second-order valence-electron chi connectivity index (χ2n) is 5.89. The van der Waals surface area contributed by atoms with Crippen LogP contribution in [0.15, 0.2) is 57.8 Å². The number of aromatic amines is 1. The fourth-order valence-electron chi connectivity index (χ4n) is 2.78. The van der Waals surface area contributed by atoms with Crippen LogP contribution < -0.4 is 10.9 Å². The summed E-state index contributed by atoms with van der Waals surface area (Å²) in [6.07, 6.45) is 0. The highest BCUT2D eigenvalue weighted by molar-refractivity contribution is 6.05. The van der Waals surface area contributed by atoms with Gasteiger partial charge in [0.1, 0.15) is 17.2 Å². The molecular weight excluding hydrogens is 370 g/mol. The molecule has 2 heterocycles. The molecule has 4 rings (SSSR count). The van der Waals surface area contributed by atoms with E-state index in [-0.39, 0.29) is 23.8 Å². The highest BCUT2D eigenvalue weighted by Crippen LogP contribution is 2.24. The molecule has 4 aromatic rings. The van der Waals surface area contributed by atoms with Gasteiger partial charge in [-0.1, -0.05) is 29.4 Å². The first-order valence-electron chi connectivity index (χ1n) is 8.20. The van der Waals surface area contributed by atoms with Crippen LogP contribution in [-0.2, 0) is 6.54 Å². The largest absolute Gasteiger partial charge is 0.345 e. The van der Waals surface area contributed by atoms with E-state index in [1.165, 1.54) is 12.1 Å². The lowest BCUT2D eigenvalue weighted by molar-refractivity contribution is 0.0951. The van der Waals surface area contributed by atoms with Gasteiger partial charge in [-0.3, -0.25) is 9.59 Å². The maximum atomic E-state index is 13.8. The molecule has 28 heavy (non-hydrogen) atoms. The van der Waals surface area contributed by atoms with E-state index in [9.17, 15) is 18.4 Å². The van der Waals surface area contributed by atoms with E-state index in [0.717, 1.165) is 12.1 Å². The van der Waals surface area contributed by atoms with E-state index in [2.05, 4.69) is 20.4 Å². The molecule has 0 saturated carbocycles. The maximum absolute atomic E-state index is 13.8. The normalized spacial score (nSPS) is 10.9. The fraction of sp³-hybridized carbons (Fsp3) is 0.0526. The number of benzene rings is 2. The van der Waals surface area contributed by atoms with E-state index in [4.69, 9.17) is 4.52 Å². The molecule has 0 atom stereocenters. The number of nitrogens with one attached hydrogen (secondary N) is 2. The van der Waals surface area contributed by atoms with Crippen LogP contribution in [0.25, 0.3) is 22.4 Å². The van der Waals surface area contributed by atoms with Gasteiger partial charge in [0, 0.05) is 17.0 Å². The molecule has 0 fully saturated rings. The highest BCUT2D eigenvalue weighted by atomic mass is 19.1. The summed E-state index contributed by atoms with van der Waals surface area (Å²) in [5, 5.41) is 6.75. The molecule has 0 radical (unpaired) electrons. The first kappa shape index (κ1) is 17.5. The van der Waals surface area contributed by atoms with E-state index in [1.54, 1.807) is 24.3 Å². The number of halogens is 2. The third kappa shape index (κ3) is 3.25. The average Bonchev–Trinajstić information content (AvgIpc) is 3.14. The number of H-pyrrole nitrogens is 1. The third-order valence-electron chi connectivity index (χ3n) is 4.05. The van der Waals surface area contributed by atoms with Crippen molar-refractivity contribution < 1.29 is 18.1 Å². The number of carbonyl (C=O) groups is 1. The second-order valence-corrected chi connectivity index (χ2v) is 5.89. The minimum absolute atomic E-state index is 0.0279. The summed E-state index contributed by atoms with van der Waals surface area (Å²) in [4.78, 5) is 30.8. The van der Waals surface area contributed by atoms with Crippen molar-refractivity contribution in [2.24, 2.45) is 0 Å². The molecule has 0 spiro atoms. The number of hydrogen-bond acceptors (Lipinski definition) is 5. The van der Waals surface area contributed by atoms with Crippen molar-refractivity contribution in [2.45, 2.75) is 6.54 Å². The van der Waals surface area contributed by atoms with Gasteiger partial charge < -0.3 is 14.8 Å². The Labute approximate surface area is 156 Å².